The number of hydrogen-bond acceptors (Lipinski definition) is 5. The lowest BCUT2D eigenvalue weighted by Gasteiger charge is -2.08. The van der Waals surface area contributed by atoms with E-state index in [1.807, 2.05) is 21.0 Å². The third kappa shape index (κ3) is 4.44. The zero-order chi connectivity index (χ0) is 12.8. The van der Waals surface area contributed by atoms with Crippen LogP contribution in [0.15, 0.2) is 34.3 Å². The average Bonchev–Trinajstić information content (AvgIpc) is 2.27. The molecule has 0 aliphatic heterocycles. The van der Waals surface area contributed by atoms with Gasteiger partial charge in [-0.25, -0.2) is 0 Å². The van der Waals surface area contributed by atoms with E-state index in [0.717, 1.165) is 0 Å². The summed E-state index contributed by atoms with van der Waals surface area (Å²) in [5.41, 5.74) is 0.141. The molecule has 1 unspecified atom stereocenters. The Morgan fingerprint density at radius 3 is 2.71 bits per heavy atom. The minimum absolute atomic E-state index is 0.0819. The molecule has 0 saturated carbocycles. The minimum Gasteiger partial charge on any atom is -0.303 e. The SMILES string of the molecule is CC(C=NN(C)C)Sc1ccccc1[N+](=O)[O-]. The van der Waals surface area contributed by atoms with E-state index in [-0.39, 0.29) is 15.9 Å². The van der Waals surface area contributed by atoms with Crippen LogP contribution >= 0.6 is 11.8 Å². The van der Waals surface area contributed by atoms with Gasteiger partial charge in [0.2, 0.25) is 0 Å². The van der Waals surface area contributed by atoms with Gasteiger partial charge in [-0.15, -0.1) is 11.8 Å². The lowest BCUT2D eigenvalue weighted by molar-refractivity contribution is -0.387. The average molecular weight is 253 g/mol. The van der Waals surface area contributed by atoms with Crippen molar-refractivity contribution in [3.8, 4) is 0 Å². The Bertz CT molecular complexity index is 421. The number of rotatable bonds is 5. The molecule has 0 amide bonds. The molecule has 0 aromatic heterocycles. The maximum atomic E-state index is 10.8. The van der Waals surface area contributed by atoms with Crippen LogP contribution in [0, 0.1) is 10.1 Å². The summed E-state index contributed by atoms with van der Waals surface area (Å²) in [6.07, 6.45) is 1.77. The fraction of sp³-hybridized carbons (Fsp3) is 0.364. The molecule has 0 radical (unpaired) electrons. The predicted molar refractivity (Wildman–Crippen MR) is 70.6 cm³/mol. The number of benzene rings is 1. The number of para-hydroxylation sites is 1. The van der Waals surface area contributed by atoms with Gasteiger partial charge in [0.25, 0.3) is 5.69 Å². The van der Waals surface area contributed by atoms with E-state index in [2.05, 4.69) is 5.10 Å². The highest BCUT2D eigenvalue weighted by molar-refractivity contribution is 8.00. The summed E-state index contributed by atoms with van der Waals surface area (Å²) in [5.74, 6) is 0. The van der Waals surface area contributed by atoms with Crippen LogP contribution in [-0.2, 0) is 0 Å². The van der Waals surface area contributed by atoms with Gasteiger partial charge in [-0.3, -0.25) is 10.1 Å². The summed E-state index contributed by atoms with van der Waals surface area (Å²) >= 11 is 1.42. The van der Waals surface area contributed by atoms with Crippen molar-refractivity contribution in [2.45, 2.75) is 17.1 Å². The molecule has 0 aliphatic carbocycles. The Kier molecular flexibility index (Phi) is 4.96. The molecule has 0 bridgehead atoms. The van der Waals surface area contributed by atoms with Gasteiger partial charge < -0.3 is 5.01 Å². The molecular formula is C11H15N3O2S. The van der Waals surface area contributed by atoms with Crippen LogP contribution in [0.3, 0.4) is 0 Å². The first-order chi connectivity index (χ1) is 8.00. The van der Waals surface area contributed by atoms with Gasteiger partial charge >= 0.3 is 0 Å². The first-order valence-electron chi connectivity index (χ1n) is 5.12. The molecular weight excluding hydrogens is 238 g/mol. The number of hydrogen-bond donors (Lipinski definition) is 0. The summed E-state index contributed by atoms with van der Waals surface area (Å²) in [4.78, 5) is 11.1. The van der Waals surface area contributed by atoms with E-state index in [9.17, 15) is 10.1 Å². The van der Waals surface area contributed by atoms with Crippen LogP contribution in [-0.4, -0.2) is 35.5 Å². The van der Waals surface area contributed by atoms with E-state index in [1.54, 1.807) is 29.4 Å². The largest absolute Gasteiger partial charge is 0.303 e. The van der Waals surface area contributed by atoms with E-state index in [1.165, 1.54) is 17.8 Å². The number of thioether (sulfide) groups is 1. The van der Waals surface area contributed by atoms with Crippen molar-refractivity contribution < 1.29 is 4.92 Å². The van der Waals surface area contributed by atoms with Crippen LogP contribution in [0.4, 0.5) is 5.69 Å². The molecule has 0 spiro atoms. The Hall–Kier alpha value is -1.56. The normalized spacial score (nSPS) is 12.6. The minimum atomic E-state index is -0.363. The second-order valence-corrected chi connectivity index (χ2v) is 5.08. The van der Waals surface area contributed by atoms with E-state index in [0.29, 0.717) is 4.90 Å². The highest BCUT2D eigenvalue weighted by Crippen LogP contribution is 2.30. The lowest BCUT2D eigenvalue weighted by atomic mass is 10.3. The van der Waals surface area contributed by atoms with Crippen molar-refractivity contribution in [2.24, 2.45) is 5.10 Å². The summed E-state index contributed by atoms with van der Waals surface area (Å²) in [5, 5.41) is 16.7. The number of nitro groups is 1. The summed E-state index contributed by atoms with van der Waals surface area (Å²) in [7, 11) is 3.66. The number of nitrogens with zero attached hydrogens (tertiary/aromatic N) is 3. The van der Waals surface area contributed by atoms with Crippen LogP contribution in [0.5, 0.6) is 0 Å². The number of hydrazone groups is 1. The second kappa shape index (κ2) is 6.24. The van der Waals surface area contributed by atoms with Crippen molar-refractivity contribution >= 4 is 23.7 Å². The van der Waals surface area contributed by atoms with Gasteiger partial charge in [-0.2, -0.15) is 5.10 Å². The lowest BCUT2D eigenvalue weighted by Crippen LogP contribution is -2.06. The van der Waals surface area contributed by atoms with Crippen LogP contribution in [0.1, 0.15) is 6.92 Å². The van der Waals surface area contributed by atoms with Gasteiger partial charge in [-0.1, -0.05) is 12.1 Å². The molecule has 0 fully saturated rings. The molecule has 92 valence electrons. The van der Waals surface area contributed by atoms with Crippen molar-refractivity contribution in [3.63, 3.8) is 0 Å². The van der Waals surface area contributed by atoms with Crippen LogP contribution in [0.25, 0.3) is 0 Å². The van der Waals surface area contributed by atoms with Crippen molar-refractivity contribution in [2.75, 3.05) is 14.1 Å². The second-order valence-electron chi connectivity index (χ2n) is 3.66. The fourth-order valence-electron chi connectivity index (χ4n) is 1.17. The summed E-state index contributed by atoms with van der Waals surface area (Å²) in [6, 6.07) is 6.73. The molecule has 5 nitrogen and oxygen atoms in total. The van der Waals surface area contributed by atoms with Crippen molar-refractivity contribution in [1.29, 1.82) is 0 Å². The summed E-state index contributed by atoms with van der Waals surface area (Å²) in [6.45, 7) is 1.95. The Morgan fingerprint density at radius 1 is 1.47 bits per heavy atom. The molecule has 0 aliphatic rings. The third-order valence-corrected chi connectivity index (χ3v) is 2.98. The molecule has 6 heteroatoms. The molecule has 1 aromatic carbocycles. The first kappa shape index (κ1) is 13.5. The topological polar surface area (TPSA) is 58.7 Å². The fourth-order valence-corrected chi connectivity index (χ4v) is 2.10. The standard InChI is InChI=1S/C11H15N3O2S/c1-9(8-12-13(2)3)17-11-7-5-4-6-10(11)14(15)16/h4-9H,1-3H3. The zero-order valence-electron chi connectivity index (χ0n) is 10.0. The predicted octanol–water partition coefficient (Wildman–Crippen LogP) is 2.62. The van der Waals surface area contributed by atoms with Gasteiger partial charge in [0, 0.05) is 31.6 Å². The van der Waals surface area contributed by atoms with E-state index in [4.69, 9.17) is 0 Å². The molecule has 1 aromatic rings. The molecule has 17 heavy (non-hydrogen) atoms. The van der Waals surface area contributed by atoms with E-state index < -0.39 is 0 Å². The molecule has 0 saturated heterocycles. The van der Waals surface area contributed by atoms with Gasteiger partial charge in [-0.05, 0) is 13.0 Å². The Morgan fingerprint density at radius 2 is 2.12 bits per heavy atom. The Balaban J connectivity index is 2.78. The molecule has 1 rings (SSSR count). The van der Waals surface area contributed by atoms with Gasteiger partial charge in [0.15, 0.2) is 0 Å². The summed E-state index contributed by atoms with van der Waals surface area (Å²) < 4.78 is 0. The molecule has 0 heterocycles. The zero-order valence-corrected chi connectivity index (χ0v) is 10.8. The van der Waals surface area contributed by atoms with Gasteiger partial charge in [0.05, 0.1) is 9.82 Å². The van der Waals surface area contributed by atoms with E-state index >= 15 is 0 Å². The third-order valence-electron chi connectivity index (χ3n) is 1.88. The quantitative estimate of drug-likeness (QED) is 0.350. The Labute approximate surface area is 105 Å². The highest BCUT2D eigenvalue weighted by Gasteiger charge is 2.14. The molecule has 0 N–H and O–H groups in total. The first-order valence-corrected chi connectivity index (χ1v) is 6.00. The molecule has 1 atom stereocenters. The monoisotopic (exact) mass is 253 g/mol. The maximum absolute atomic E-state index is 10.8. The van der Waals surface area contributed by atoms with Gasteiger partial charge in [0.1, 0.15) is 0 Å². The van der Waals surface area contributed by atoms with Crippen LogP contribution in [0.2, 0.25) is 0 Å². The highest BCUT2D eigenvalue weighted by atomic mass is 32.2. The van der Waals surface area contributed by atoms with Crippen molar-refractivity contribution in [1.82, 2.24) is 5.01 Å². The van der Waals surface area contributed by atoms with Crippen LogP contribution < -0.4 is 0 Å². The number of nitro benzene ring substituents is 1. The van der Waals surface area contributed by atoms with Crippen molar-refractivity contribution in [3.05, 3.63) is 34.4 Å². The maximum Gasteiger partial charge on any atom is 0.282 e. The smallest absolute Gasteiger partial charge is 0.282 e.